The highest BCUT2D eigenvalue weighted by atomic mass is 16.5. The first kappa shape index (κ1) is 20.8. The maximum absolute atomic E-state index is 12.5. The highest BCUT2D eigenvalue weighted by Crippen LogP contribution is 2.28. The molecule has 1 saturated carbocycles. The minimum Gasteiger partial charge on any atom is -0.465 e. The molecule has 0 spiro atoms. The Kier molecular flexibility index (Phi) is 7.45. The van der Waals surface area contributed by atoms with E-state index < -0.39 is 0 Å². The minimum absolute atomic E-state index is 0.180. The van der Waals surface area contributed by atoms with E-state index in [0.717, 1.165) is 38.5 Å². The number of carbonyl (C=O) groups excluding carboxylic acids is 2. The average Bonchev–Trinajstić information content (AvgIpc) is 3.52. The molecule has 1 aromatic rings. The third-order valence-electron chi connectivity index (χ3n) is 5.44. The molecule has 0 N–H and O–H groups in total. The lowest BCUT2D eigenvalue weighted by Crippen LogP contribution is -2.43. The fourth-order valence-electron chi connectivity index (χ4n) is 3.78. The second kappa shape index (κ2) is 10.0. The Bertz CT molecular complexity index is 657. The molecule has 1 saturated heterocycles. The van der Waals surface area contributed by atoms with Crippen molar-refractivity contribution in [2.24, 2.45) is 0 Å². The van der Waals surface area contributed by atoms with Gasteiger partial charge in [0.2, 0.25) is 0 Å². The van der Waals surface area contributed by atoms with Crippen LogP contribution in [0, 0.1) is 0 Å². The normalized spacial score (nSPS) is 20.2. The van der Waals surface area contributed by atoms with E-state index in [1.165, 1.54) is 18.4 Å². The standard InChI is InChI=1S/C22H32N2O4/c1-3-24(19-11-12-19)14-17-7-9-18(10-8-17)22(26)28-20-6-5-13-23(15-20)16-21(25)27-4-2/h7-10,19-20H,3-6,11-16H2,1-2H3/t20-/m1/s1. The Morgan fingerprint density at radius 3 is 2.54 bits per heavy atom. The molecule has 0 unspecified atom stereocenters. The average molecular weight is 389 g/mol. The van der Waals surface area contributed by atoms with Crippen molar-refractivity contribution in [3.63, 3.8) is 0 Å². The quantitative estimate of drug-likeness (QED) is 0.607. The SMILES string of the molecule is CCOC(=O)CN1CCC[C@@H](OC(=O)c2ccc(CN(CC)C3CC3)cc2)C1. The van der Waals surface area contributed by atoms with Gasteiger partial charge in [-0.2, -0.15) is 0 Å². The van der Waals surface area contributed by atoms with E-state index in [9.17, 15) is 9.59 Å². The van der Waals surface area contributed by atoms with E-state index in [4.69, 9.17) is 9.47 Å². The van der Waals surface area contributed by atoms with Crippen molar-refractivity contribution >= 4 is 11.9 Å². The lowest BCUT2D eigenvalue weighted by molar-refractivity contribution is -0.145. The summed E-state index contributed by atoms with van der Waals surface area (Å²) in [5, 5.41) is 0. The molecule has 0 radical (unpaired) electrons. The van der Waals surface area contributed by atoms with Crippen molar-refractivity contribution in [1.29, 1.82) is 0 Å². The largest absolute Gasteiger partial charge is 0.465 e. The van der Waals surface area contributed by atoms with Crippen molar-refractivity contribution in [1.82, 2.24) is 9.80 Å². The zero-order valence-corrected chi connectivity index (χ0v) is 17.1. The monoisotopic (exact) mass is 388 g/mol. The molecule has 2 fully saturated rings. The van der Waals surface area contributed by atoms with Crippen molar-refractivity contribution < 1.29 is 19.1 Å². The Morgan fingerprint density at radius 1 is 1.14 bits per heavy atom. The number of likely N-dealkylation sites (tertiary alicyclic amines) is 1. The van der Waals surface area contributed by atoms with Gasteiger partial charge in [-0.05, 0) is 63.4 Å². The molecule has 0 amide bonds. The van der Waals surface area contributed by atoms with E-state index in [2.05, 4.69) is 11.8 Å². The number of hydrogen-bond donors (Lipinski definition) is 0. The summed E-state index contributed by atoms with van der Waals surface area (Å²) in [7, 11) is 0. The summed E-state index contributed by atoms with van der Waals surface area (Å²) in [4.78, 5) is 28.7. The van der Waals surface area contributed by atoms with Gasteiger partial charge in [-0.25, -0.2) is 4.79 Å². The molecule has 1 aliphatic heterocycles. The predicted octanol–water partition coefficient (Wildman–Crippen LogP) is 2.86. The summed E-state index contributed by atoms with van der Waals surface area (Å²) < 4.78 is 10.7. The molecule has 1 atom stereocenters. The zero-order chi connectivity index (χ0) is 19.9. The number of carbonyl (C=O) groups is 2. The van der Waals surface area contributed by atoms with E-state index >= 15 is 0 Å². The molecule has 2 aliphatic rings. The second-order valence-electron chi connectivity index (χ2n) is 7.70. The van der Waals surface area contributed by atoms with Crippen LogP contribution in [0.25, 0.3) is 0 Å². The van der Waals surface area contributed by atoms with Gasteiger partial charge in [0.05, 0.1) is 18.7 Å². The van der Waals surface area contributed by atoms with E-state index in [1.54, 1.807) is 6.92 Å². The van der Waals surface area contributed by atoms with Crippen LogP contribution in [0.4, 0.5) is 0 Å². The van der Waals surface area contributed by atoms with Crippen LogP contribution in [0.2, 0.25) is 0 Å². The van der Waals surface area contributed by atoms with Crippen molar-refractivity contribution in [2.75, 3.05) is 32.8 Å². The van der Waals surface area contributed by atoms with Gasteiger partial charge >= 0.3 is 11.9 Å². The number of esters is 2. The van der Waals surface area contributed by atoms with Gasteiger partial charge in [0.15, 0.2) is 0 Å². The van der Waals surface area contributed by atoms with Gasteiger partial charge in [-0.15, -0.1) is 0 Å². The van der Waals surface area contributed by atoms with Gasteiger partial charge in [0.1, 0.15) is 6.10 Å². The first-order valence-electron chi connectivity index (χ1n) is 10.5. The molecular formula is C22H32N2O4. The van der Waals surface area contributed by atoms with E-state index in [-0.39, 0.29) is 24.6 Å². The van der Waals surface area contributed by atoms with E-state index in [1.807, 2.05) is 29.2 Å². The number of rotatable bonds is 9. The number of nitrogens with zero attached hydrogens (tertiary/aromatic N) is 2. The molecule has 6 heteroatoms. The van der Waals surface area contributed by atoms with Crippen LogP contribution in [0.1, 0.15) is 55.5 Å². The number of benzene rings is 1. The number of hydrogen-bond acceptors (Lipinski definition) is 6. The molecule has 0 aromatic heterocycles. The predicted molar refractivity (Wildman–Crippen MR) is 107 cm³/mol. The first-order chi connectivity index (χ1) is 13.6. The molecule has 0 bridgehead atoms. The summed E-state index contributed by atoms with van der Waals surface area (Å²) in [6.45, 7) is 8.03. The van der Waals surface area contributed by atoms with Crippen molar-refractivity contribution in [3.8, 4) is 0 Å². The van der Waals surface area contributed by atoms with Crippen LogP contribution in [-0.4, -0.2) is 66.7 Å². The maximum Gasteiger partial charge on any atom is 0.338 e. The van der Waals surface area contributed by atoms with Gasteiger partial charge < -0.3 is 9.47 Å². The van der Waals surface area contributed by atoms with Crippen LogP contribution in [-0.2, 0) is 20.8 Å². The van der Waals surface area contributed by atoms with Gasteiger partial charge in [-0.3, -0.25) is 14.6 Å². The summed E-state index contributed by atoms with van der Waals surface area (Å²) in [5.74, 6) is -0.513. The van der Waals surface area contributed by atoms with Crippen LogP contribution < -0.4 is 0 Å². The molecule has 154 valence electrons. The fourth-order valence-corrected chi connectivity index (χ4v) is 3.78. The minimum atomic E-state index is -0.288. The second-order valence-corrected chi connectivity index (χ2v) is 7.70. The highest BCUT2D eigenvalue weighted by molar-refractivity contribution is 5.89. The molecular weight excluding hydrogens is 356 g/mol. The van der Waals surface area contributed by atoms with Crippen molar-refractivity contribution in [2.45, 2.75) is 58.2 Å². The van der Waals surface area contributed by atoms with Gasteiger partial charge in [-0.1, -0.05) is 19.1 Å². The van der Waals surface area contributed by atoms with E-state index in [0.29, 0.717) is 18.7 Å². The summed E-state index contributed by atoms with van der Waals surface area (Å²) in [6.07, 6.45) is 4.15. The third kappa shape index (κ3) is 6.04. The molecule has 1 heterocycles. The van der Waals surface area contributed by atoms with Gasteiger partial charge in [0, 0.05) is 19.1 Å². The van der Waals surface area contributed by atoms with Crippen LogP contribution in [0.15, 0.2) is 24.3 Å². The van der Waals surface area contributed by atoms with Crippen LogP contribution in [0.5, 0.6) is 0 Å². The Labute approximate surface area is 167 Å². The summed E-state index contributed by atoms with van der Waals surface area (Å²) >= 11 is 0. The topological polar surface area (TPSA) is 59.1 Å². The Morgan fingerprint density at radius 2 is 1.89 bits per heavy atom. The summed E-state index contributed by atoms with van der Waals surface area (Å²) in [5.41, 5.74) is 1.81. The Balaban J connectivity index is 1.49. The lowest BCUT2D eigenvalue weighted by atomic mass is 10.1. The number of piperidine rings is 1. The maximum atomic E-state index is 12.5. The van der Waals surface area contributed by atoms with Crippen molar-refractivity contribution in [3.05, 3.63) is 35.4 Å². The third-order valence-corrected chi connectivity index (χ3v) is 5.44. The number of ether oxygens (including phenoxy) is 2. The highest BCUT2D eigenvalue weighted by Gasteiger charge is 2.28. The fraction of sp³-hybridized carbons (Fsp3) is 0.636. The molecule has 3 rings (SSSR count). The summed E-state index contributed by atoms with van der Waals surface area (Å²) in [6, 6.07) is 8.50. The smallest absolute Gasteiger partial charge is 0.338 e. The molecule has 1 aliphatic carbocycles. The zero-order valence-electron chi connectivity index (χ0n) is 17.1. The first-order valence-corrected chi connectivity index (χ1v) is 10.5. The molecule has 28 heavy (non-hydrogen) atoms. The lowest BCUT2D eigenvalue weighted by Gasteiger charge is -2.31. The van der Waals surface area contributed by atoms with Gasteiger partial charge in [0.25, 0.3) is 0 Å². The van der Waals surface area contributed by atoms with Crippen LogP contribution >= 0.6 is 0 Å². The van der Waals surface area contributed by atoms with Crippen LogP contribution in [0.3, 0.4) is 0 Å². The Hall–Kier alpha value is -1.92. The molecule has 1 aromatic carbocycles. The molecule has 6 nitrogen and oxygen atoms in total.